The summed E-state index contributed by atoms with van der Waals surface area (Å²) >= 11 is 0. The summed E-state index contributed by atoms with van der Waals surface area (Å²) in [5, 5.41) is 0. The largest absolute Gasteiger partial charge is 0.446 e. The molecule has 1 aromatic carbocycles. The molecule has 16 heavy (non-hydrogen) atoms. The van der Waals surface area contributed by atoms with Crippen molar-refractivity contribution in [1.29, 1.82) is 0 Å². The standard InChI is InChI=1S/C13H14O3/c1-4-10(2)16-13(14)12-7-5-6-11(8-12)9-15-3/h1,5-8,10H,9H2,2-3H3/t10-/m0/s1. The summed E-state index contributed by atoms with van der Waals surface area (Å²) < 4.78 is 9.98. The zero-order valence-corrected chi connectivity index (χ0v) is 9.40. The fraction of sp³-hybridized carbons (Fsp3) is 0.308. The van der Waals surface area contributed by atoms with Gasteiger partial charge in [-0.1, -0.05) is 18.1 Å². The molecular formula is C13H14O3. The number of carbonyl (C=O) groups excluding carboxylic acids is 1. The smallest absolute Gasteiger partial charge is 0.339 e. The van der Waals surface area contributed by atoms with Crippen molar-refractivity contribution in [1.82, 2.24) is 0 Å². The van der Waals surface area contributed by atoms with Crippen LogP contribution < -0.4 is 0 Å². The van der Waals surface area contributed by atoms with Crippen LogP contribution in [0.5, 0.6) is 0 Å². The molecule has 0 fully saturated rings. The van der Waals surface area contributed by atoms with Crippen molar-refractivity contribution in [2.75, 3.05) is 7.11 Å². The Labute approximate surface area is 95.4 Å². The summed E-state index contributed by atoms with van der Waals surface area (Å²) in [5.41, 5.74) is 1.40. The number of rotatable bonds is 4. The minimum absolute atomic E-state index is 0.414. The molecule has 0 saturated carbocycles. The molecule has 0 aromatic heterocycles. The van der Waals surface area contributed by atoms with Gasteiger partial charge in [-0.2, -0.15) is 0 Å². The van der Waals surface area contributed by atoms with E-state index in [0.29, 0.717) is 12.2 Å². The van der Waals surface area contributed by atoms with Gasteiger partial charge in [0, 0.05) is 7.11 Å². The van der Waals surface area contributed by atoms with Crippen molar-refractivity contribution in [3.8, 4) is 12.3 Å². The second-order valence-electron chi connectivity index (χ2n) is 3.35. The number of terminal acetylenes is 1. The summed E-state index contributed by atoms with van der Waals surface area (Å²) in [7, 11) is 1.60. The van der Waals surface area contributed by atoms with E-state index < -0.39 is 12.1 Å². The van der Waals surface area contributed by atoms with E-state index in [0.717, 1.165) is 5.56 Å². The maximum atomic E-state index is 11.6. The second kappa shape index (κ2) is 5.94. The van der Waals surface area contributed by atoms with Crippen molar-refractivity contribution < 1.29 is 14.3 Å². The second-order valence-corrected chi connectivity index (χ2v) is 3.35. The summed E-state index contributed by atoms with van der Waals surface area (Å²) in [6.07, 6.45) is 4.61. The first kappa shape index (κ1) is 12.3. The molecule has 1 atom stereocenters. The average Bonchev–Trinajstić information content (AvgIpc) is 2.29. The number of esters is 1. The predicted octanol–water partition coefficient (Wildman–Crippen LogP) is 2.01. The van der Waals surface area contributed by atoms with Crippen molar-refractivity contribution in [3.63, 3.8) is 0 Å². The molecule has 0 unspecified atom stereocenters. The van der Waals surface area contributed by atoms with Crippen LogP contribution in [0.4, 0.5) is 0 Å². The fourth-order valence-electron chi connectivity index (χ4n) is 1.22. The molecule has 3 nitrogen and oxygen atoms in total. The third kappa shape index (κ3) is 3.41. The van der Waals surface area contributed by atoms with Crippen LogP contribution >= 0.6 is 0 Å². The lowest BCUT2D eigenvalue weighted by Gasteiger charge is -2.08. The first-order valence-corrected chi connectivity index (χ1v) is 4.92. The molecule has 0 N–H and O–H groups in total. The van der Waals surface area contributed by atoms with Crippen LogP contribution in [0.15, 0.2) is 24.3 Å². The molecule has 0 aliphatic carbocycles. The quantitative estimate of drug-likeness (QED) is 0.573. The third-order valence-corrected chi connectivity index (χ3v) is 1.99. The Morgan fingerprint density at radius 1 is 1.56 bits per heavy atom. The van der Waals surface area contributed by atoms with Crippen molar-refractivity contribution in [2.24, 2.45) is 0 Å². The summed E-state index contributed by atoms with van der Waals surface area (Å²) in [5.74, 6) is 1.92. The van der Waals surface area contributed by atoms with Crippen LogP contribution in [0.25, 0.3) is 0 Å². The lowest BCUT2D eigenvalue weighted by molar-refractivity contribution is 0.0438. The Balaban J connectivity index is 2.76. The van der Waals surface area contributed by atoms with Gasteiger partial charge in [0.05, 0.1) is 12.2 Å². The Kier molecular flexibility index (Phi) is 4.56. The van der Waals surface area contributed by atoms with E-state index in [4.69, 9.17) is 15.9 Å². The Morgan fingerprint density at radius 3 is 2.94 bits per heavy atom. The average molecular weight is 218 g/mol. The van der Waals surface area contributed by atoms with Crippen LogP contribution in [0.1, 0.15) is 22.8 Å². The molecule has 0 aliphatic rings. The van der Waals surface area contributed by atoms with Crippen LogP contribution in [0.3, 0.4) is 0 Å². The van der Waals surface area contributed by atoms with Gasteiger partial charge in [0.25, 0.3) is 0 Å². The van der Waals surface area contributed by atoms with Gasteiger partial charge in [0.1, 0.15) is 0 Å². The van der Waals surface area contributed by atoms with Crippen LogP contribution in [-0.2, 0) is 16.1 Å². The molecule has 1 aromatic rings. The van der Waals surface area contributed by atoms with Crippen molar-refractivity contribution in [2.45, 2.75) is 19.6 Å². The Morgan fingerprint density at radius 2 is 2.31 bits per heavy atom. The van der Waals surface area contributed by atoms with Gasteiger partial charge in [-0.15, -0.1) is 6.42 Å². The van der Waals surface area contributed by atoms with Crippen LogP contribution in [-0.4, -0.2) is 19.2 Å². The van der Waals surface area contributed by atoms with E-state index in [-0.39, 0.29) is 0 Å². The van der Waals surface area contributed by atoms with Crippen molar-refractivity contribution in [3.05, 3.63) is 35.4 Å². The van der Waals surface area contributed by atoms with Gasteiger partial charge in [-0.05, 0) is 24.6 Å². The highest BCUT2D eigenvalue weighted by atomic mass is 16.5. The number of ether oxygens (including phenoxy) is 2. The Hall–Kier alpha value is -1.79. The molecule has 1 rings (SSSR count). The number of methoxy groups -OCH3 is 1. The van der Waals surface area contributed by atoms with Gasteiger partial charge in [0.2, 0.25) is 0 Å². The monoisotopic (exact) mass is 218 g/mol. The summed E-state index contributed by atoms with van der Waals surface area (Å²) in [6, 6.07) is 7.08. The van der Waals surface area contributed by atoms with Gasteiger partial charge in [-0.25, -0.2) is 4.79 Å². The first-order chi connectivity index (χ1) is 7.67. The molecule has 0 amide bonds. The highest BCUT2D eigenvalue weighted by Gasteiger charge is 2.10. The van der Waals surface area contributed by atoms with Gasteiger partial charge in [-0.3, -0.25) is 0 Å². The van der Waals surface area contributed by atoms with Gasteiger partial charge < -0.3 is 9.47 Å². The number of hydrogen-bond donors (Lipinski definition) is 0. The topological polar surface area (TPSA) is 35.5 Å². The molecule has 0 saturated heterocycles. The SMILES string of the molecule is C#C[C@H](C)OC(=O)c1cccc(COC)c1. The zero-order valence-electron chi connectivity index (χ0n) is 9.40. The van der Waals surface area contributed by atoms with E-state index in [1.165, 1.54) is 0 Å². The lowest BCUT2D eigenvalue weighted by Crippen LogP contribution is -2.13. The molecule has 0 heterocycles. The molecule has 0 bridgehead atoms. The van der Waals surface area contributed by atoms with E-state index in [2.05, 4.69) is 5.92 Å². The highest BCUT2D eigenvalue weighted by molar-refractivity contribution is 5.89. The van der Waals surface area contributed by atoms with Gasteiger partial charge in [0.15, 0.2) is 6.10 Å². The first-order valence-electron chi connectivity index (χ1n) is 4.92. The molecule has 3 heteroatoms. The summed E-state index contributed by atoms with van der Waals surface area (Å²) in [4.78, 5) is 11.6. The summed E-state index contributed by atoms with van der Waals surface area (Å²) in [6.45, 7) is 2.11. The van der Waals surface area contributed by atoms with E-state index in [9.17, 15) is 4.79 Å². The molecular weight excluding hydrogens is 204 g/mol. The van der Waals surface area contributed by atoms with E-state index in [1.807, 2.05) is 6.07 Å². The molecule has 84 valence electrons. The number of hydrogen-bond acceptors (Lipinski definition) is 3. The number of carbonyl (C=O) groups is 1. The van der Waals surface area contributed by atoms with Gasteiger partial charge >= 0.3 is 5.97 Å². The maximum Gasteiger partial charge on any atom is 0.339 e. The zero-order chi connectivity index (χ0) is 12.0. The minimum atomic E-state index is -0.515. The normalized spacial score (nSPS) is 11.6. The lowest BCUT2D eigenvalue weighted by atomic mass is 10.1. The molecule has 0 aliphatic heterocycles. The van der Waals surface area contributed by atoms with Crippen LogP contribution in [0, 0.1) is 12.3 Å². The Bertz CT molecular complexity index is 404. The van der Waals surface area contributed by atoms with Crippen LogP contribution in [0.2, 0.25) is 0 Å². The predicted molar refractivity (Wildman–Crippen MR) is 60.9 cm³/mol. The molecule has 0 spiro atoms. The third-order valence-electron chi connectivity index (χ3n) is 1.99. The fourth-order valence-corrected chi connectivity index (χ4v) is 1.22. The van der Waals surface area contributed by atoms with Crippen molar-refractivity contribution >= 4 is 5.97 Å². The number of benzene rings is 1. The molecule has 0 radical (unpaired) electrons. The minimum Gasteiger partial charge on any atom is -0.446 e. The maximum absolute atomic E-state index is 11.6. The van der Waals surface area contributed by atoms with E-state index >= 15 is 0 Å². The highest BCUT2D eigenvalue weighted by Crippen LogP contribution is 2.08. The van der Waals surface area contributed by atoms with E-state index in [1.54, 1.807) is 32.2 Å².